The maximum Gasteiger partial charge on any atom is 0.215 e. The molecule has 1 saturated carbocycles. The van der Waals surface area contributed by atoms with E-state index >= 15 is 0 Å². The van der Waals surface area contributed by atoms with Crippen molar-refractivity contribution in [3.63, 3.8) is 0 Å². The van der Waals surface area contributed by atoms with Gasteiger partial charge >= 0.3 is 0 Å². The van der Waals surface area contributed by atoms with Gasteiger partial charge in [-0.15, -0.1) is 5.10 Å². The number of rotatable bonds is 4. The lowest BCUT2D eigenvalue weighted by atomic mass is 10.3. The maximum atomic E-state index is 7.42. The third kappa shape index (κ3) is 2.64. The fourth-order valence-corrected chi connectivity index (χ4v) is 3.18. The van der Waals surface area contributed by atoms with Crippen LogP contribution in [0.1, 0.15) is 37.4 Å². The molecule has 3 N–H and O–H groups in total. The zero-order valence-corrected chi connectivity index (χ0v) is 11.7. The molecule has 0 aliphatic heterocycles. The highest BCUT2D eigenvalue weighted by Crippen LogP contribution is 2.33. The number of hydrogen-bond acceptors (Lipinski definition) is 6. The largest absolute Gasteiger partial charge is 0.382 e. The molecule has 7 nitrogen and oxygen atoms in total. The number of tetrazole rings is 1. The Morgan fingerprint density at radius 2 is 2.15 bits per heavy atom. The molecule has 0 amide bonds. The number of nitrogens with zero attached hydrogens (tertiary/aromatic N) is 5. The van der Waals surface area contributed by atoms with Crippen molar-refractivity contribution in [1.82, 2.24) is 25.2 Å². The van der Waals surface area contributed by atoms with E-state index in [1.54, 1.807) is 6.07 Å². The summed E-state index contributed by atoms with van der Waals surface area (Å²) in [5, 5.41) is 20.8. The summed E-state index contributed by atoms with van der Waals surface area (Å²) >= 11 is 1.40. The van der Waals surface area contributed by atoms with Crippen molar-refractivity contribution < 1.29 is 0 Å². The molecule has 2 heterocycles. The van der Waals surface area contributed by atoms with Gasteiger partial charge in [-0.25, -0.2) is 9.67 Å². The molecule has 0 saturated heterocycles. The molecule has 3 rings (SSSR count). The van der Waals surface area contributed by atoms with Gasteiger partial charge in [-0.05, 0) is 47.2 Å². The van der Waals surface area contributed by atoms with Gasteiger partial charge in [0.2, 0.25) is 5.16 Å². The van der Waals surface area contributed by atoms with Crippen molar-refractivity contribution in [3.8, 4) is 0 Å². The van der Waals surface area contributed by atoms with Crippen molar-refractivity contribution in [2.45, 2.75) is 41.9 Å². The quantitative estimate of drug-likeness (QED) is 0.654. The molecular formula is C12H15N7S. The zero-order chi connectivity index (χ0) is 13.9. The molecule has 104 valence electrons. The molecule has 0 radical (unpaired) electrons. The molecule has 0 aromatic carbocycles. The van der Waals surface area contributed by atoms with Gasteiger partial charge in [-0.2, -0.15) is 0 Å². The second kappa shape index (κ2) is 5.58. The summed E-state index contributed by atoms with van der Waals surface area (Å²) in [5.41, 5.74) is 5.92. The second-order valence-electron chi connectivity index (χ2n) is 4.72. The third-order valence-corrected chi connectivity index (χ3v) is 4.22. The van der Waals surface area contributed by atoms with Crippen LogP contribution in [-0.2, 0) is 0 Å². The van der Waals surface area contributed by atoms with Crippen LogP contribution in [0.5, 0.6) is 0 Å². The minimum atomic E-state index is -0.0390. The van der Waals surface area contributed by atoms with E-state index in [4.69, 9.17) is 11.1 Å². The van der Waals surface area contributed by atoms with Gasteiger partial charge < -0.3 is 5.73 Å². The summed E-state index contributed by atoms with van der Waals surface area (Å²) < 4.78 is 1.89. The van der Waals surface area contributed by atoms with E-state index < -0.39 is 0 Å². The van der Waals surface area contributed by atoms with Crippen LogP contribution in [0.15, 0.2) is 28.4 Å². The van der Waals surface area contributed by atoms with Gasteiger partial charge in [0.05, 0.1) is 6.04 Å². The molecule has 0 spiro atoms. The van der Waals surface area contributed by atoms with Gasteiger partial charge in [0.1, 0.15) is 16.6 Å². The smallest absolute Gasteiger partial charge is 0.215 e. The Morgan fingerprint density at radius 3 is 2.90 bits per heavy atom. The Balaban J connectivity index is 1.82. The zero-order valence-electron chi connectivity index (χ0n) is 10.9. The normalized spacial score (nSPS) is 15.6. The summed E-state index contributed by atoms with van der Waals surface area (Å²) in [4.78, 5) is 4.32. The number of nitrogen functional groups attached to an aromatic ring is 1. The summed E-state index contributed by atoms with van der Waals surface area (Å²) in [6.45, 7) is 0. The van der Waals surface area contributed by atoms with Crippen LogP contribution in [0.2, 0.25) is 0 Å². The third-order valence-electron chi connectivity index (χ3n) is 3.33. The van der Waals surface area contributed by atoms with Gasteiger partial charge in [0, 0.05) is 0 Å². The highest BCUT2D eigenvalue weighted by molar-refractivity contribution is 7.99. The molecule has 1 aliphatic carbocycles. The van der Waals surface area contributed by atoms with Crippen molar-refractivity contribution in [1.29, 1.82) is 5.41 Å². The number of hydrogen-bond donors (Lipinski definition) is 2. The van der Waals surface area contributed by atoms with Crippen molar-refractivity contribution in [2.24, 2.45) is 5.73 Å². The summed E-state index contributed by atoms with van der Waals surface area (Å²) in [7, 11) is 0. The Hall–Kier alpha value is -1.96. The van der Waals surface area contributed by atoms with Crippen molar-refractivity contribution in [3.05, 3.63) is 23.9 Å². The molecule has 1 fully saturated rings. The van der Waals surface area contributed by atoms with E-state index in [1.807, 2.05) is 16.8 Å². The van der Waals surface area contributed by atoms with E-state index in [0.29, 0.717) is 11.7 Å². The Morgan fingerprint density at radius 1 is 1.35 bits per heavy atom. The first-order chi connectivity index (χ1) is 9.74. The van der Waals surface area contributed by atoms with Crippen LogP contribution in [0.3, 0.4) is 0 Å². The number of pyridine rings is 1. The van der Waals surface area contributed by atoms with Crippen LogP contribution < -0.4 is 5.73 Å². The van der Waals surface area contributed by atoms with Crippen molar-refractivity contribution >= 4 is 17.6 Å². The molecule has 0 unspecified atom stereocenters. The first-order valence-electron chi connectivity index (χ1n) is 6.51. The maximum absolute atomic E-state index is 7.42. The summed E-state index contributed by atoms with van der Waals surface area (Å²) in [6, 6.07) is 5.80. The molecule has 2 aromatic rings. The number of nitrogens with two attached hydrogens (primary N) is 1. The van der Waals surface area contributed by atoms with Gasteiger partial charge in [-0.3, -0.25) is 5.41 Å². The Kier molecular flexibility index (Phi) is 3.64. The molecule has 1 aliphatic rings. The van der Waals surface area contributed by atoms with E-state index in [0.717, 1.165) is 23.0 Å². The molecule has 0 atom stereocenters. The molecule has 20 heavy (non-hydrogen) atoms. The topological polar surface area (TPSA) is 106 Å². The number of aromatic nitrogens is 5. The van der Waals surface area contributed by atoms with E-state index in [2.05, 4.69) is 20.5 Å². The summed E-state index contributed by atoms with van der Waals surface area (Å²) in [6.07, 6.45) is 4.71. The van der Waals surface area contributed by atoms with E-state index in [1.165, 1.54) is 24.6 Å². The van der Waals surface area contributed by atoms with Gasteiger partial charge in [0.25, 0.3) is 0 Å². The number of nitrogens with one attached hydrogen (secondary N) is 1. The minimum absolute atomic E-state index is 0.0390. The molecule has 8 heteroatoms. The van der Waals surface area contributed by atoms with E-state index in [9.17, 15) is 0 Å². The second-order valence-corrected chi connectivity index (χ2v) is 5.71. The molecule has 0 bridgehead atoms. The number of amidine groups is 1. The average Bonchev–Trinajstić information content (AvgIpc) is 3.09. The summed E-state index contributed by atoms with van der Waals surface area (Å²) in [5.74, 6) is -0.0390. The predicted octanol–water partition coefficient (Wildman–Crippen LogP) is 1.62. The first kappa shape index (κ1) is 13.0. The molecular weight excluding hydrogens is 274 g/mol. The molecule has 2 aromatic heterocycles. The van der Waals surface area contributed by atoms with Gasteiger partial charge in [0.15, 0.2) is 0 Å². The van der Waals surface area contributed by atoms with Crippen LogP contribution in [-0.4, -0.2) is 31.0 Å². The fraction of sp³-hybridized carbons (Fsp3) is 0.417. The lowest BCUT2D eigenvalue weighted by molar-refractivity contribution is 0.423. The standard InChI is InChI=1S/C12H15N7S/c13-11(14)9-6-3-7-10(15-9)20-12-16-17-18-19(12)8-4-1-2-5-8/h3,6-8H,1-2,4-5H2,(H3,13,14). The lowest BCUT2D eigenvalue weighted by Crippen LogP contribution is -2.13. The van der Waals surface area contributed by atoms with Crippen LogP contribution >= 0.6 is 11.8 Å². The predicted molar refractivity (Wildman–Crippen MR) is 74.7 cm³/mol. The highest BCUT2D eigenvalue weighted by Gasteiger charge is 2.22. The van der Waals surface area contributed by atoms with Gasteiger partial charge in [-0.1, -0.05) is 18.9 Å². The van der Waals surface area contributed by atoms with Crippen LogP contribution in [0.4, 0.5) is 0 Å². The van der Waals surface area contributed by atoms with E-state index in [-0.39, 0.29) is 5.84 Å². The van der Waals surface area contributed by atoms with Crippen LogP contribution in [0.25, 0.3) is 0 Å². The lowest BCUT2D eigenvalue weighted by Gasteiger charge is -2.10. The average molecular weight is 289 g/mol. The first-order valence-corrected chi connectivity index (χ1v) is 7.33. The Bertz CT molecular complexity index is 618. The Labute approximate surface area is 120 Å². The van der Waals surface area contributed by atoms with Crippen LogP contribution in [0, 0.1) is 5.41 Å². The highest BCUT2D eigenvalue weighted by atomic mass is 32.2. The monoisotopic (exact) mass is 289 g/mol. The fourth-order valence-electron chi connectivity index (χ4n) is 2.35. The minimum Gasteiger partial charge on any atom is -0.382 e. The van der Waals surface area contributed by atoms with Crippen molar-refractivity contribution in [2.75, 3.05) is 0 Å². The SMILES string of the molecule is N=C(N)c1cccc(Sc2nnnn2C2CCCC2)n1.